The Labute approximate surface area is 186 Å². The fourth-order valence-electron chi connectivity index (χ4n) is 3.83. The van der Waals surface area contributed by atoms with E-state index in [0.29, 0.717) is 13.2 Å². The molecule has 2 heterocycles. The van der Waals surface area contributed by atoms with Crippen LogP contribution in [-0.4, -0.2) is 62.2 Å². The van der Waals surface area contributed by atoms with Crippen molar-refractivity contribution in [3.63, 3.8) is 0 Å². The van der Waals surface area contributed by atoms with Crippen molar-refractivity contribution in [1.29, 1.82) is 0 Å². The number of carbonyl (C=O) groups excluding carboxylic acids is 2. The van der Waals surface area contributed by atoms with Crippen LogP contribution in [0.4, 0.5) is 0 Å². The summed E-state index contributed by atoms with van der Waals surface area (Å²) < 4.78 is 24.3. The van der Waals surface area contributed by atoms with E-state index in [-0.39, 0.29) is 12.7 Å². The molecule has 0 bridgehead atoms. The summed E-state index contributed by atoms with van der Waals surface area (Å²) in [4.78, 5) is 24.0. The van der Waals surface area contributed by atoms with E-state index >= 15 is 0 Å². The van der Waals surface area contributed by atoms with E-state index in [1.807, 2.05) is 13.8 Å². The maximum Gasteiger partial charge on any atom is 0.250 e. The molecule has 1 fully saturated rings. The Morgan fingerprint density at radius 3 is 2.65 bits per heavy atom. The van der Waals surface area contributed by atoms with Gasteiger partial charge in [-0.3, -0.25) is 14.9 Å². The minimum absolute atomic E-state index is 0.0156. The van der Waals surface area contributed by atoms with Gasteiger partial charge in [-0.05, 0) is 19.8 Å². The van der Waals surface area contributed by atoms with Gasteiger partial charge < -0.3 is 18.9 Å². The third-order valence-corrected chi connectivity index (χ3v) is 5.70. The smallest absolute Gasteiger partial charge is 0.250 e. The maximum atomic E-state index is 12.5. The van der Waals surface area contributed by atoms with Crippen molar-refractivity contribution >= 4 is 11.8 Å². The van der Waals surface area contributed by atoms with Gasteiger partial charge in [-0.1, -0.05) is 51.5 Å². The fourth-order valence-corrected chi connectivity index (χ4v) is 3.83. The molecule has 2 aliphatic heterocycles. The first-order valence-corrected chi connectivity index (χ1v) is 11.5. The van der Waals surface area contributed by atoms with Crippen LogP contribution in [0.2, 0.25) is 0 Å². The van der Waals surface area contributed by atoms with Crippen molar-refractivity contribution in [3.8, 4) is 12.3 Å². The van der Waals surface area contributed by atoms with E-state index in [1.165, 1.54) is 25.3 Å². The van der Waals surface area contributed by atoms with E-state index in [9.17, 15) is 9.59 Å². The average molecular weight is 436 g/mol. The lowest BCUT2D eigenvalue weighted by Gasteiger charge is -2.29. The predicted octanol–water partition coefficient (Wildman–Crippen LogP) is 2.77. The molecule has 0 aromatic carbocycles. The second kappa shape index (κ2) is 13.6. The van der Waals surface area contributed by atoms with Gasteiger partial charge in [-0.25, -0.2) is 0 Å². The minimum Gasteiger partial charge on any atom is -0.379 e. The SMILES string of the molecule is C#CCOC1C(OC(C)CC)C(COCCCCCCC)OC1C1C=CC(=O)NC1=O. The Balaban J connectivity index is 2.08. The van der Waals surface area contributed by atoms with E-state index in [1.54, 1.807) is 6.08 Å². The lowest BCUT2D eigenvalue weighted by atomic mass is 9.92. The van der Waals surface area contributed by atoms with Crippen LogP contribution in [0.1, 0.15) is 59.3 Å². The van der Waals surface area contributed by atoms with Gasteiger partial charge in [0.2, 0.25) is 11.8 Å². The standard InChI is InChI=1S/C24H37NO6/c1-5-8-9-10-11-15-28-16-19-22(30-17(4)7-3)23(29-14-6-2)21(31-19)18-12-13-20(26)25-24(18)27/h2,12-13,17-19,21-23H,5,7-11,14-16H2,1,3-4H3,(H,25,26,27). The summed E-state index contributed by atoms with van der Waals surface area (Å²) in [5.74, 6) is 0.969. The zero-order valence-corrected chi connectivity index (χ0v) is 19.0. The number of carbonyl (C=O) groups is 2. The molecule has 2 aliphatic rings. The van der Waals surface area contributed by atoms with Crippen LogP contribution in [-0.2, 0) is 28.5 Å². The van der Waals surface area contributed by atoms with Crippen LogP contribution < -0.4 is 5.32 Å². The van der Waals surface area contributed by atoms with Gasteiger partial charge in [0.05, 0.1) is 18.6 Å². The third kappa shape index (κ3) is 7.73. The minimum atomic E-state index is -0.664. The predicted molar refractivity (Wildman–Crippen MR) is 117 cm³/mol. The number of terminal acetylenes is 1. The molecule has 0 aromatic rings. The highest BCUT2D eigenvalue weighted by Crippen LogP contribution is 2.34. The number of nitrogens with one attached hydrogen (secondary N) is 1. The molecule has 1 N–H and O–H groups in total. The van der Waals surface area contributed by atoms with E-state index in [0.717, 1.165) is 19.3 Å². The molecular formula is C24H37NO6. The van der Waals surface area contributed by atoms with Gasteiger partial charge in [0.1, 0.15) is 31.0 Å². The van der Waals surface area contributed by atoms with Crippen molar-refractivity contribution in [2.75, 3.05) is 19.8 Å². The first kappa shape index (κ1) is 25.5. The average Bonchev–Trinajstić information content (AvgIpc) is 3.08. The lowest BCUT2D eigenvalue weighted by Crippen LogP contribution is -2.48. The molecule has 0 aromatic heterocycles. The highest BCUT2D eigenvalue weighted by molar-refractivity contribution is 6.05. The Morgan fingerprint density at radius 1 is 1.19 bits per heavy atom. The first-order chi connectivity index (χ1) is 15.0. The molecule has 2 amide bonds. The number of hydrogen-bond donors (Lipinski definition) is 1. The summed E-state index contributed by atoms with van der Waals surface area (Å²) in [6.07, 6.45) is 13.0. The molecular weight excluding hydrogens is 398 g/mol. The van der Waals surface area contributed by atoms with Gasteiger partial charge in [0.15, 0.2) is 0 Å². The molecule has 6 atom stereocenters. The van der Waals surface area contributed by atoms with E-state index < -0.39 is 42.1 Å². The van der Waals surface area contributed by atoms with Crippen molar-refractivity contribution in [3.05, 3.63) is 12.2 Å². The third-order valence-electron chi connectivity index (χ3n) is 5.70. The van der Waals surface area contributed by atoms with Crippen LogP contribution in [0.25, 0.3) is 0 Å². The number of amides is 2. The summed E-state index contributed by atoms with van der Waals surface area (Å²) >= 11 is 0. The van der Waals surface area contributed by atoms with Crippen molar-refractivity contribution in [2.45, 2.75) is 89.8 Å². The summed E-state index contributed by atoms with van der Waals surface area (Å²) in [6.45, 7) is 7.30. The molecule has 31 heavy (non-hydrogen) atoms. The normalized spacial score (nSPS) is 29.0. The topological polar surface area (TPSA) is 83.1 Å². The van der Waals surface area contributed by atoms with Crippen LogP contribution in [0.15, 0.2) is 12.2 Å². The van der Waals surface area contributed by atoms with Crippen LogP contribution in [0, 0.1) is 18.3 Å². The van der Waals surface area contributed by atoms with Crippen molar-refractivity contribution in [1.82, 2.24) is 5.32 Å². The fraction of sp³-hybridized carbons (Fsp3) is 0.750. The van der Waals surface area contributed by atoms with Crippen LogP contribution in [0.5, 0.6) is 0 Å². The molecule has 0 spiro atoms. The molecule has 0 saturated carbocycles. The molecule has 0 radical (unpaired) electrons. The quantitative estimate of drug-likeness (QED) is 0.257. The largest absolute Gasteiger partial charge is 0.379 e. The lowest BCUT2D eigenvalue weighted by molar-refractivity contribution is -0.136. The molecule has 0 aliphatic carbocycles. The maximum absolute atomic E-state index is 12.5. The number of hydrogen-bond acceptors (Lipinski definition) is 6. The van der Waals surface area contributed by atoms with Crippen LogP contribution in [0.3, 0.4) is 0 Å². The zero-order chi connectivity index (χ0) is 22.6. The Hall–Kier alpha value is -1.72. The summed E-state index contributed by atoms with van der Waals surface area (Å²) in [5.41, 5.74) is 0. The van der Waals surface area contributed by atoms with E-state index in [4.69, 9.17) is 25.4 Å². The summed E-state index contributed by atoms with van der Waals surface area (Å²) in [6, 6.07) is 0. The molecule has 7 heteroatoms. The summed E-state index contributed by atoms with van der Waals surface area (Å²) in [5, 5.41) is 2.33. The molecule has 6 unspecified atom stereocenters. The Morgan fingerprint density at radius 2 is 1.97 bits per heavy atom. The van der Waals surface area contributed by atoms with Gasteiger partial charge in [-0.15, -0.1) is 6.42 Å². The Kier molecular flexibility index (Phi) is 11.2. The second-order valence-electron chi connectivity index (χ2n) is 8.17. The molecule has 7 nitrogen and oxygen atoms in total. The van der Waals surface area contributed by atoms with E-state index in [2.05, 4.69) is 18.2 Å². The molecule has 2 rings (SSSR count). The second-order valence-corrected chi connectivity index (χ2v) is 8.17. The Bertz CT molecular complexity index is 642. The van der Waals surface area contributed by atoms with Crippen LogP contribution >= 0.6 is 0 Å². The van der Waals surface area contributed by atoms with Gasteiger partial charge in [-0.2, -0.15) is 0 Å². The number of rotatable bonds is 14. The number of imide groups is 1. The molecule has 174 valence electrons. The number of unbranched alkanes of at least 4 members (excludes halogenated alkanes) is 4. The van der Waals surface area contributed by atoms with Gasteiger partial charge in [0.25, 0.3) is 0 Å². The summed E-state index contributed by atoms with van der Waals surface area (Å²) in [7, 11) is 0. The molecule has 1 saturated heterocycles. The first-order valence-electron chi connectivity index (χ1n) is 11.5. The monoisotopic (exact) mass is 435 g/mol. The van der Waals surface area contributed by atoms with Gasteiger partial charge in [0, 0.05) is 12.7 Å². The highest BCUT2D eigenvalue weighted by atomic mass is 16.6. The van der Waals surface area contributed by atoms with Gasteiger partial charge >= 0.3 is 0 Å². The van der Waals surface area contributed by atoms with Crippen molar-refractivity contribution in [2.24, 2.45) is 5.92 Å². The highest BCUT2D eigenvalue weighted by Gasteiger charge is 2.51. The zero-order valence-electron chi connectivity index (χ0n) is 19.0. The number of ether oxygens (including phenoxy) is 4. The van der Waals surface area contributed by atoms with Crippen molar-refractivity contribution < 1.29 is 28.5 Å².